The average Bonchev–Trinajstić information content (AvgIpc) is 3.33. The molecule has 25 heavy (non-hydrogen) atoms. The highest BCUT2D eigenvalue weighted by Crippen LogP contribution is 2.47. The second kappa shape index (κ2) is 6.08. The summed E-state index contributed by atoms with van der Waals surface area (Å²) in [5.41, 5.74) is 0.339. The standard InChI is InChI=1S/C18H17N3O4/c22-16(20-10-13-3-1-2-8-19-13)18(6-7-18)17(23)21-12-4-5-14-15(9-12)25-11-24-14/h1-5,8-9H,6-7,10-11H2,(H,20,22)(H,21,23). The number of nitrogens with one attached hydrogen (secondary N) is 2. The monoisotopic (exact) mass is 339 g/mol. The highest BCUT2D eigenvalue weighted by molar-refractivity contribution is 6.13. The molecule has 2 aromatic rings. The number of carbonyl (C=O) groups excluding carboxylic acids is 2. The number of benzene rings is 1. The summed E-state index contributed by atoms with van der Waals surface area (Å²) >= 11 is 0. The third kappa shape index (κ3) is 3.00. The summed E-state index contributed by atoms with van der Waals surface area (Å²) < 4.78 is 10.5. The van der Waals surface area contributed by atoms with Crippen molar-refractivity contribution < 1.29 is 19.1 Å². The summed E-state index contributed by atoms with van der Waals surface area (Å²) in [6, 6.07) is 10.7. The van der Waals surface area contributed by atoms with Crippen LogP contribution >= 0.6 is 0 Å². The number of aromatic nitrogens is 1. The number of anilines is 1. The van der Waals surface area contributed by atoms with E-state index in [0.29, 0.717) is 36.6 Å². The predicted molar refractivity (Wildman–Crippen MR) is 88.9 cm³/mol. The van der Waals surface area contributed by atoms with Gasteiger partial charge in [-0.15, -0.1) is 0 Å². The highest BCUT2D eigenvalue weighted by atomic mass is 16.7. The van der Waals surface area contributed by atoms with Crippen LogP contribution < -0.4 is 20.1 Å². The van der Waals surface area contributed by atoms with Crippen molar-refractivity contribution >= 4 is 17.5 Å². The highest BCUT2D eigenvalue weighted by Gasteiger charge is 2.56. The molecule has 1 saturated carbocycles. The van der Waals surface area contributed by atoms with E-state index in [9.17, 15) is 9.59 Å². The maximum Gasteiger partial charge on any atom is 0.240 e. The van der Waals surface area contributed by atoms with E-state index in [-0.39, 0.29) is 18.6 Å². The fourth-order valence-corrected chi connectivity index (χ4v) is 2.75. The normalized spacial score (nSPS) is 16.2. The van der Waals surface area contributed by atoms with Crippen LogP contribution in [-0.2, 0) is 16.1 Å². The topological polar surface area (TPSA) is 89.6 Å². The Kier molecular flexibility index (Phi) is 3.76. The van der Waals surface area contributed by atoms with Gasteiger partial charge in [0.2, 0.25) is 18.6 Å². The third-order valence-corrected chi connectivity index (χ3v) is 4.41. The zero-order chi connectivity index (χ0) is 17.3. The van der Waals surface area contributed by atoms with Crippen LogP contribution in [0.3, 0.4) is 0 Å². The van der Waals surface area contributed by atoms with Crippen LogP contribution in [0.1, 0.15) is 18.5 Å². The van der Waals surface area contributed by atoms with Gasteiger partial charge in [-0.2, -0.15) is 0 Å². The average molecular weight is 339 g/mol. The minimum absolute atomic E-state index is 0.173. The number of amides is 2. The van der Waals surface area contributed by atoms with E-state index in [4.69, 9.17) is 9.47 Å². The van der Waals surface area contributed by atoms with Crippen molar-refractivity contribution in [3.05, 3.63) is 48.3 Å². The van der Waals surface area contributed by atoms with E-state index in [0.717, 1.165) is 5.69 Å². The number of fused-ring (bicyclic) bond motifs is 1. The molecular formula is C18H17N3O4. The van der Waals surface area contributed by atoms with Crippen molar-refractivity contribution in [2.75, 3.05) is 12.1 Å². The molecule has 0 bridgehead atoms. The largest absolute Gasteiger partial charge is 0.454 e. The lowest BCUT2D eigenvalue weighted by Crippen LogP contribution is -2.39. The first-order chi connectivity index (χ1) is 12.2. The van der Waals surface area contributed by atoms with Gasteiger partial charge in [-0.3, -0.25) is 14.6 Å². The number of carbonyl (C=O) groups is 2. The zero-order valence-corrected chi connectivity index (χ0v) is 13.5. The number of pyridine rings is 1. The van der Waals surface area contributed by atoms with Gasteiger partial charge in [0.05, 0.1) is 12.2 Å². The van der Waals surface area contributed by atoms with Gasteiger partial charge in [0.1, 0.15) is 5.41 Å². The van der Waals surface area contributed by atoms with E-state index in [1.54, 1.807) is 24.4 Å². The lowest BCUT2D eigenvalue weighted by atomic mass is 10.0. The van der Waals surface area contributed by atoms with Gasteiger partial charge in [-0.25, -0.2) is 0 Å². The minimum Gasteiger partial charge on any atom is -0.454 e. The number of hydrogen-bond acceptors (Lipinski definition) is 5. The molecule has 0 saturated heterocycles. The van der Waals surface area contributed by atoms with Crippen molar-refractivity contribution in [1.82, 2.24) is 10.3 Å². The van der Waals surface area contributed by atoms with Gasteiger partial charge < -0.3 is 20.1 Å². The predicted octanol–water partition coefficient (Wildman–Crippen LogP) is 1.85. The van der Waals surface area contributed by atoms with E-state index in [1.807, 2.05) is 18.2 Å². The molecule has 2 heterocycles. The Bertz CT molecular complexity index is 818. The first-order valence-electron chi connectivity index (χ1n) is 8.07. The quantitative estimate of drug-likeness (QED) is 0.812. The van der Waals surface area contributed by atoms with Crippen LogP contribution in [0.25, 0.3) is 0 Å². The molecule has 0 radical (unpaired) electrons. The molecule has 1 fully saturated rings. The van der Waals surface area contributed by atoms with Crippen LogP contribution in [0.5, 0.6) is 11.5 Å². The first-order valence-corrected chi connectivity index (χ1v) is 8.07. The SMILES string of the molecule is O=C(NCc1ccccn1)C1(C(=O)Nc2ccc3c(c2)OCO3)CC1. The molecule has 1 aromatic heterocycles. The van der Waals surface area contributed by atoms with Crippen molar-refractivity contribution in [2.45, 2.75) is 19.4 Å². The molecule has 2 amide bonds. The van der Waals surface area contributed by atoms with Crippen LogP contribution in [-0.4, -0.2) is 23.6 Å². The van der Waals surface area contributed by atoms with E-state index < -0.39 is 5.41 Å². The third-order valence-electron chi connectivity index (χ3n) is 4.41. The molecule has 0 unspecified atom stereocenters. The molecule has 4 rings (SSSR count). The molecular weight excluding hydrogens is 322 g/mol. The summed E-state index contributed by atoms with van der Waals surface area (Å²) in [5, 5.41) is 5.61. The Hall–Kier alpha value is -3.09. The molecule has 1 aliphatic heterocycles. The number of ether oxygens (including phenoxy) is 2. The second-order valence-corrected chi connectivity index (χ2v) is 6.11. The molecule has 2 N–H and O–H groups in total. The number of rotatable bonds is 5. The molecule has 1 aliphatic carbocycles. The summed E-state index contributed by atoms with van der Waals surface area (Å²) in [6.45, 7) is 0.478. The molecule has 0 spiro atoms. The van der Waals surface area contributed by atoms with Gasteiger partial charge in [0.25, 0.3) is 0 Å². The van der Waals surface area contributed by atoms with E-state index >= 15 is 0 Å². The minimum atomic E-state index is -0.995. The van der Waals surface area contributed by atoms with Gasteiger partial charge in [0.15, 0.2) is 11.5 Å². The molecule has 128 valence electrons. The van der Waals surface area contributed by atoms with Crippen molar-refractivity contribution in [1.29, 1.82) is 0 Å². The Morgan fingerprint density at radius 3 is 2.68 bits per heavy atom. The number of hydrogen-bond donors (Lipinski definition) is 2. The van der Waals surface area contributed by atoms with Gasteiger partial charge in [-0.05, 0) is 37.1 Å². The van der Waals surface area contributed by atoms with Crippen LogP contribution in [0.2, 0.25) is 0 Å². The van der Waals surface area contributed by atoms with Gasteiger partial charge in [-0.1, -0.05) is 6.07 Å². The Morgan fingerprint density at radius 1 is 1.08 bits per heavy atom. The van der Waals surface area contributed by atoms with Crippen molar-refractivity contribution in [3.63, 3.8) is 0 Å². The van der Waals surface area contributed by atoms with Gasteiger partial charge >= 0.3 is 0 Å². The summed E-state index contributed by atoms with van der Waals surface area (Å²) in [6.07, 6.45) is 2.75. The van der Waals surface area contributed by atoms with E-state index in [1.165, 1.54) is 0 Å². The Balaban J connectivity index is 1.40. The maximum atomic E-state index is 12.6. The molecule has 1 aromatic carbocycles. The molecule has 0 atom stereocenters. The summed E-state index contributed by atoms with van der Waals surface area (Å²) in [4.78, 5) is 29.2. The Labute approximate surface area is 144 Å². The Morgan fingerprint density at radius 2 is 1.92 bits per heavy atom. The number of nitrogens with zero attached hydrogens (tertiary/aromatic N) is 1. The van der Waals surface area contributed by atoms with Gasteiger partial charge in [0, 0.05) is 18.0 Å². The second-order valence-electron chi connectivity index (χ2n) is 6.11. The fourth-order valence-electron chi connectivity index (χ4n) is 2.75. The fraction of sp³-hybridized carbons (Fsp3) is 0.278. The molecule has 2 aliphatic rings. The van der Waals surface area contributed by atoms with Crippen molar-refractivity contribution in [3.8, 4) is 11.5 Å². The zero-order valence-electron chi connectivity index (χ0n) is 13.5. The summed E-state index contributed by atoms with van der Waals surface area (Å²) in [7, 11) is 0. The lowest BCUT2D eigenvalue weighted by molar-refractivity contribution is -0.134. The molecule has 7 nitrogen and oxygen atoms in total. The van der Waals surface area contributed by atoms with Crippen LogP contribution in [0.4, 0.5) is 5.69 Å². The smallest absolute Gasteiger partial charge is 0.240 e. The lowest BCUT2D eigenvalue weighted by Gasteiger charge is -2.15. The van der Waals surface area contributed by atoms with E-state index in [2.05, 4.69) is 15.6 Å². The first kappa shape index (κ1) is 15.4. The van der Waals surface area contributed by atoms with Crippen LogP contribution in [0.15, 0.2) is 42.6 Å². The maximum absolute atomic E-state index is 12.6. The van der Waals surface area contributed by atoms with Crippen LogP contribution in [0, 0.1) is 5.41 Å². The summed E-state index contributed by atoms with van der Waals surface area (Å²) in [5.74, 6) is 0.663. The molecule has 7 heteroatoms. The van der Waals surface area contributed by atoms with Crippen molar-refractivity contribution in [2.24, 2.45) is 5.41 Å².